The number of amides is 1. The van der Waals surface area contributed by atoms with Gasteiger partial charge in [-0.05, 0) is 19.9 Å². The number of nitrogens with zero attached hydrogens (tertiary/aromatic N) is 1. The van der Waals surface area contributed by atoms with Crippen molar-refractivity contribution in [3.8, 4) is 0 Å². The number of allylic oxidation sites excluding steroid dienone is 2. The lowest BCUT2D eigenvalue weighted by Crippen LogP contribution is -2.37. The molecule has 4 nitrogen and oxygen atoms in total. The molecule has 1 unspecified atom stereocenters. The van der Waals surface area contributed by atoms with Crippen LogP contribution < -0.4 is 0 Å². The van der Waals surface area contributed by atoms with Crippen molar-refractivity contribution in [3.63, 3.8) is 0 Å². The molecule has 1 heterocycles. The van der Waals surface area contributed by atoms with Gasteiger partial charge in [-0.1, -0.05) is 12.2 Å². The zero-order valence-corrected chi connectivity index (χ0v) is 8.97. The van der Waals surface area contributed by atoms with Crippen molar-refractivity contribution in [2.75, 3.05) is 6.61 Å². The molecule has 0 aromatic rings. The first kappa shape index (κ1) is 11.5. The van der Waals surface area contributed by atoms with Crippen LogP contribution in [0.3, 0.4) is 0 Å². The standard InChI is InChI=1S/C11H15NO3/c1-3-15-11(14)12-7-5-4-6-10(12)8-9(2)13/h4-7,10H,3,8H2,1-2H3. The van der Waals surface area contributed by atoms with Crippen molar-refractivity contribution in [3.05, 3.63) is 24.4 Å². The number of hydrogen-bond acceptors (Lipinski definition) is 3. The molecule has 0 saturated carbocycles. The fourth-order valence-corrected chi connectivity index (χ4v) is 1.39. The van der Waals surface area contributed by atoms with Crippen LogP contribution in [0.25, 0.3) is 0 Å². The maximum atomic E-state index is 11.5. The molecule has 0 aliphatic carbocycles. The molecule has 0 saturated heterocycles. The van der Waals surface area contributed by atoms with Crippen LogP contribution in [0, 0.1) is 0 Å². The lowest BCUT2D eigenvalue weighted by atomic mass is 10.1. The zero-order chi connectivity index (χ0) is 11.3. The largest absolute Gasteiger partial charge is 0.449 e. The lowest BCUT2D eigenvalue weighted by molar-refractivity contribution is -0.117. The molecule has 1 atom stereocenters. The van der Waals surface area contributed by atoms with Crippen LogP contribution in [0.15, 0.2) is 24.4 Å². The van der Waals surface area contributed by atoms with E-state index in [0.29, 0.717) is 13.0 Å². The number of carbonyl (C=O) groups is 2. The first-order valence-electron chi connectivity index (χ1n) is 4.94. The number of ketones is 1. The van der Waals surface area contributed by atoms with Gasteiger partial charge in [0.2, 0.25) is 0 Å². The predicted octanol–water partition coefficient (Wildman–Crippen LogP) is 1.88. The normalized spacial score (nSPS) is 19.1. The number of rotatable bonds is 3. The van der Waals surface area contributed by atoms with Crippen molar-refractivity contribution >= 4 is 11.9 Å². The van der Waals surface area contributed by atoms with Crippen molar-refractivity contribution in [1.29, 1.82) is 0 Å². The van der Waals surface area contributed by atoms with Crippen LogP contribution in [0.5, 0.6) is 0 Å². The zero-order valence-electron chi connectivity index (χ0n) is 8.97. The van der Waals surface area contributed by atoms with Crippen LogP contribution in [0.4, 0.5) is 4.79 Å². The summed E-state index contributed by atoms with van der Waals surface area (Å²) in [5.41, 5.74) is 0. The van der Waals surface area contributed by atoms with Crippen molar-refractivity contribution in [1.82, 2.24) is 4.90 Å². The summed E-state index contributed by atoms with van der Waals surface area (Å²) >= 11 is 0. The van der Waals surface area contributed by atoms with E-state index in [0.717, 1.165) is 0 Å². The minimum absolute atomic E-state index is 0.0502. The molecule has 1 aliphatic rings. The summed E-state index contributed by atoms with van der Waals surface area (Å²) in [7, 11) is 0. The van der Waals surface area contributed by atoms with E-state index in [1.165, 1.54) is 11.8 Å². The molecule has 0 fully saturated rings. The van der Waals surface area contributed by atoms with Gasteiger partial charge in [0.25, 0.3) is 0 Å². The van der Waals surface area contributed by atoms with Crippen molar-refractivity contribution < 1.29 is 14.3 Å². The number of carbonyl (C=O) groups excluding carboxylic acids is 2. The Morgan fingerprint density at radius 3 is 2.73 bits per heavy atom. The number of hydrogen-bond donors (Lipinski definition) is 0. The Balaban J connectivity index is 2.67. The van der Waals surface area contributed by atoms with E-state index in [2.05, 4.69) is 0 Å². The Hall–Kier alpha value is -1.58. The molecule has 15 heavy (non-hydrogen) atoms. The summed E-state index contributed by atoms with van der Waals surface area (Å²) in [5, 5.41) is 0. The van der Waals surface area contributed by atoms with Crippen LogP contribution in [-0.4, -0.2) is 29.4 Å². The highest BCUT2D eigenvalue weighted by molar-refractivity contribution is 5.78. The minimum Gasteiger partial charge on any atom is -0.449 e. The Kier molecular flexibility index (Phi) is 4.09. The molecule has 1 rings (SSSR count). The third-order valence-corrected chi connectivity index (χ3v) is 2.02. The van der Waals surface area contributed by atoms with Crippen molar-refractivity contribution in [2.24, 2.45) is 0 Å². The highest BCUT2D eigenvalue weighted by atomic mass is 16.6. The van der Waals surface area contributed by atoms with Crippen LogP contribution >= 0.6 is 0 Å². The molecular formula is C11H15NO3. The van der Waals surface area contributed by atoms with E-state index < -0.39 is 6.09 Å². The summed E-state index contributed by atoms with van der Waals surface area (Å²) in [6.07, 6.45) is 6.92. The molecule has 0 aromatic carbocycles. The summed E-state index contributed by atoms with van der Waals surface area (Å²) in [6.45, 7) is 3.59. The van der Waals surface area contributed by atoms with Gasteiger partial charge in [0, 0.05) is 12.6 Å². The van der Waals surface area contributed by atoms with Gasteiger partial charge in [-0.3, -0.25) is 9.69 Å². The maximum Gasteiger partial charge on any atom is 0.414 e. The summed E-state index contributed by atoms with van der Waals surface area (Å²) in [4.78, 5) is 23.9. The smallest absolute Gasteiger partial charge is 0.414 e. The summed E-state index contributed by atoms with van der Waals surface area (Å²) in [5.74, 6) is 0.0502. The fourth-order valence-electron chi connectivity index (χ4n) is 1.39. The Morgan fingerprint density at radius 2 is 2.13 bits per heavy atom. The third-order valence-electron chi connectivity index (χ3n) is 2.02. The number of ether oxygens (including phenoxy) is 1. The quantitative estimate of drug-likeness (QED) is 0.713. The average Bonchev–Trinajstić information content (AvgIpc) is 2.18. The molecule has 0 radical (unpaired) electrons. The first-order valence-corrected chi connectivity index (χ1v) is 4.94. The lowest BCUT2D eigenvalue weighted by Gasteiger charge is -2.26. The van der Waals surface area contributed by atoms with Crippen molar-refractivity contribution in [2.45, 2.75) is 26.3 Å². The second kappa shape index (κ2) is 5.34. The molecule has 1 aliphatic heterocycles. The van der Waals surface area contributed by atoms with E-state index in [9.17, 15) is 9.59 Å². The van der Waals surface area contributed by atoms with Gasteiger partial charge in [0.1, 0.15) is 5.78 Å². The summed E-state index contributed by atoms with van der Waals surface area (Å²) < 4.78 is 4.88. The van der Waals surface area contributed by atoms with Crippen LogP contribution in [0.2, 0.25) is 0 Å². The average molecular weight is 209 g/mol. The van der Waals surface area contributed by atoms with Gasteiger partial charge in [0.15, 0.2) is 0 Å². The highest BCUT2D eigenvalue weighted by Gasteiger charge is 2.23. The van der Waals surface area contributed by atoms with Crippen LogP contribution in [-0.2, 0) is 9.53 Å². The number of Topliss-reactive ketones (excluding diaryl/α,β-unsaturated/α-hetero) is 1. The van der Waals surface area contributed by atoms with Gasteiger partial charge in [-0.25, -0.2) is 4.79 Å². The molecule has 1 amide bonds. The fraction of sp³-hybridized carbons (Fsp3) is 0.455. The summed E-state index contributed by atoms with van der Waals surface area (Å²) in [6, 6.07) is -0.216. The maximum absolute atomic E-state index is 11.5. The van der Waals surface area contributed by atoms with E-state index in [1.807, 2.05) is 12.2 Å². The van der Waals surface area contributed by atoms with E-state index in [1.54, 1.807) is 19.2 Å². The SMILES string of the molecule is CCOC(=O)N1C=CC=CC1CC(C)=O. The minimum atomic E-state index is -0.413. The topological polar surface area (TPSA) is 46.6 Å². The molecule has 4 heteroatoms. The van der Waals surface area contributed by atoms with Crippen LogP contribution in [0.1, 0.15) is 20.3 Å². The molecule has 0 N–H and O–H groups in total. The first-order chi connectivity index (χ1) is 7.15. The van der Waals surface area contributed by atoms with Gasteiger partial charge in [-0.15, -0.1) is 0 Å². The van der Waals surface area contributed by atoms with Gasteiger partial charge >= 0.3 is 6.09 Å². The molecule has 82 valence electrons. The molecular weight excluding hydrogens is 194 g/mol. The van der Waals surface area contributed by atoms with Gasteiger partial charge in [-0.2, -0.15) is 0 Å². The van der Waals surface area contributed by atoms with E-state index in [-0.39, 0.29) is 11.8 Å². The predicted molar refractivity (Wildman–Crippen MR) is 56.2 cm³/mol. The van der Waals surface area contributed by atoms with Gasteiger partial charge in [0.05, 0.1) is 12.6 Å². The Labute approximate surface area is 89.2 Å². The molecule has 0 spiro atoms. The monoisotopic (exact) mass is 209 g/mol. The second-order valence-corrected chi connectivity index (χ2v) is 3.31. The third kappa shape index (κ3) is 3.23. The van der Waals surface area contributed by atoms with E-state index >= 15 is 0 Å². The van der Waals surface area contributed by atoms with E-state index in [4.69, 9.17) is 4.74 Å². The Bertz CT molecular complexity index is 307. The highest BCUT2D eigenvalue weighted by Crippen LogP contribution is 2.13. The molecule has 0 aromatic heterocycles. The molecule has 0 bridgehead atoms. The van der Waals surface area contributed by atoms with Gasteiger partial charge < -0.3 is 4.74 Å². The Morgan fingerprint density at radius 1 is 1.40 bits per heavy atom. The second-order valence-electron chi connectivity index (χ2n) is 3.31.